The number of hydrogen-bond acceptors (Lipinski definition) is 3. The van der Waals surface area contributed by atoms with E-state index < -0.39 is 17.5 Å². The molecule has 0 radical (unpaired) electrons. The molecule has 122 valence electrons. The Morgan fingerprint density at radius 1 is 1.00 bits per heavy atom. The first-order chi connectivity index (χ1) is 11.1. The van der Waals surface area contributed by atoms with Crippen LogP contribution in [0.2, 0.25) is 0 Å². The Kier molecular flexibility index (Phi) is 5.91. The van der Waals surface area contributed by atoms with E-state index in [9.17, 15) is 13.6 Å². The Balaban J connectivity index is 1.82. The molecule has 0 spiro atoms. The normalized spacial score (nSPS) is 10.2. The first-order valence-electron chi connectivity index (χ1n) is 7.19. The van der Waals surface area contributed by atoms with Crippen molar-refractivity contribution in [2.45, 2.75) is 13.3 Å². The lowest BCUT2D eigenvalue weighted by Gasteiger charge is -2.09. The van der Waals surface area contributed by atoms with Crippen molar-refractivity contribution in [1.82, 2.24) is 0 Å². The number of halogens is 2. The number of benzene rings is 2. The number of carbonyl (C=O) groups excluding carboxylic acids is 1. The van der Waals surface area contributed by atoms with Crippen molar-refractivity contribution < 1.29 is 23.0 Å². The molecule has 2 aromatic rings. The third kappa shape index (κ3) is 5.25. The minimum atomic E-state index is -1.02. The Hall–Kier alpha value is -2.63. The van der Waals surface area contributed by atoms with Gasteiger partial charge in [0.25, 0.3) is 5.91 Å². The number of rotatable bonds is 7. The molecule has 0 atom stereocenters. The molecule has 0 aromatic heterocycles. The van der Waals surface area contributed by atoms with Crippen molar-refractivity contribution in [3.8, 4) is 11.5 Å². The maximum atomic E-state index is 13.0. The van der Waals surface area contributed by atoms with Crippen LogP contribution < -0.4 is 14.8 Å². The van der Waals surface area contributed by atoms with Gasteiger partial charge in [0.15, 0.2) is 18.2 Å². The highest BCUT2D eigenvalue weighted by Gasteiger charge is 2.07. The van der Waals surface area contributed by atoms with Crippen LogP contribution in [0.5, 0.6) is 11.5 Å². The summed E-state index contributed by atoms with van der Waals surface area (Å²) in [7, 11) is 0. The zero-order valence-electron chi connectivity index (χ0n) is 12.6. The van der Waals surface area contributed by atoms with Crippen LogP contribution in [0.4, 0.5) is 14.5 Å². The lowest BCUT2D eigenvalue weighted by molar-refractivity contribution is -0.118. The molecule has 0 saturated heterocycles. The van der Waals surface area contributed by atoms with Crippen LogP contribution in [0.25, 0.3) is 0 Å². The second-order valence-corrected chi connectivity index (χ2v) is 4.79. The SMILES string of the molecule is CCCOc1ccc(OCC(=O)Nc2ccc(F)c(F)c2)cc1. The average molecular weight is 321 g/mol. The molecule has 0 bridgehead atoms. The summed E-state index contributed by atoms with van der Waals surface area (Å²) in [6.45, 7) is 2.41. The van der Waals surface area contributed by atoms with Gasteiger partial charge in [0.2, 0.25) is 0 Å². The van der Waals surface area contributed by atoms with Gasteiger partial charge in [-0.2, -0.15) is 0 Å². The van der Waals surface area contributed by atoms with Gasteiger partial charge in [0.1, 0.15) is 11.5 Å². The molecule has 0 aliphatic rings. The molecule has 2 rings (SSSR count). The molecular weight excluding hydrogens is 304 g/mol. The number of anilines is 1. The minimum absolute atomic E-state index is 0.167. The minimum Gasteiger partial charge on any atom is -0.494 e. The molecule has 1 N–H and O–H groups in total. The number of carbonyl (C=O) groups is 1. The Morgan fingerprint density at radius 2 is 1.65 bits per heavy atom. The van der Waals surface area contributed by atoms with E-state index in [1.807, 2.05) is 6.92 Å². The first-order valence-corrected chi connectivity index (χ1v) is 7.19. The largest absolute Gasteiger partial charge is 0.494 e. The van der Waals surface area contributed by atoms with E-state index in [0.717, 1.165) is 24.3 Å². The molecule has 4 nitrogen and oxygen atoms in total. The molecule has 6 heteroatoms. The quantitative estimate of drug-likeness (QED) is 0.844. The second kappa shape index (κ2) is 8.12. The van der Waals surface area contributed by atoms with Gasteiger partial charge in [-0.1, -0.05) is 6.92 Å². The number of ether oxygens (including phenoxy) is 2. The van der Waals surface area contributed by atoms with Gasteiger partial charge < -0.3 is 14.8 Å². The number of hydrogen-bond donors (Lipinski definition) is 1. The van der Waals surface area contributed by atoms with Crippen LogP contribution in [-0.2, 0) is 4.79 Å². The second-order valence-electron chi connectivity index (χ2n) is 4.79. The van der Waals surface area contributed by atoms with E-state index in [1.165, 1.54) is 6.07 Å². The average Bonchev–Trinajstić information content (AvgIpc) is 2.55. The highest BCUT2D eigenvalue weighted by atomic mass is 19.2. The smallest absolute Gasteiger partial charge is 0.262 e. The van der Waals surface area contributed by atoms with Crippen LogP contribution in [0.3, 0.4) is 0 Å². The molecule has 23 heavy (non-hydrogen) atoms. The summed E-state index contributed by atoms with van der Waals surface area (Å²) in [5.41, 5.74) is 0.167. The van der Waals surface area contributed by atoms with Gasteiger partial charge in [-0.15, -0.1) is 0 Å². The first kappa shape index (κ1) is 16.7. The summed E-state index contributed by atoms with van der Waals surface area (Å²) in [6, 6.07) is 10.0. The topological polar surface area (TPSA) is 47.6 Å². The molecule has 0 unspecified atom stereocenters. The zero-order chi connectivity index (χ0) is 16.7. The zero-order valence-corrected chi connectivity index (χ0v) is 12.6. The van der Waals surface area contributed by atoms with Gasteiger partial charge in [0, 0.05) is 11.8 Å². The van der Waals surface area contributed by atoms with Gasteiger partial charge >= 0.3 is 0 Å². The van der Waals surface area contributed by atoms with Gasteiger partial charge in [-0.3, -0.25) is 4.79 Å². The summed E-state index contributed by atoms with van der Waals surface area (Å²) < 4.78 is 36.6. The number of nitrogens with one attached hydrogen (secondary N) is 1. The molecule has 0 aliphatic carbocycles. The summed E-state index contributed by atoms with van der Waals surface area (Å²) in [4.78, 5) is 11.7. The van der Waals surface area contributed by atoms with Gasteiger partial charge in [-0.25, -0.2) is 8.78 Å². The summed E-state index contributed by atoms with van der Waals surface area (Å²) in [5, 5.41) is 2.42. The summed E-state index contributed by atoms with van der Waals surface area (Å²) in [6.07, 6.45) is 0.919. The fourth-order valence-corrected chi connectivity index (χ4v) is 1.77. The lowest BCUT2D eigenvalue weighted by Crippen LogP contribution is -2.20. The van der Waals surface area contributed by atoms with Crippen LogP contribution in [0, 0.1) is 11.6 Å². The standard InChI is InChI=1S/C17H17F2NO3/c1-2-9-22-13-4-6-14(7-5-13)23-11-17(21)20-12-3-8-15(18)16(19)10-12/h3-8,10H,2,9,11H2,1H3,(H,20,21). The molecule has 0 saturated carbocycles. The Labute approximate surface area is 133 Å². The van der Waals surface area contributed by atoms with Crippen molar-refractivity contribution in [2.24, 2.45) is 0 Å². The van der Waals surface area contributed by atoms with E-state index >= 15 is 0 Å². The fourth-order valence-electron chi connectivity index (χ4n) is 1.77. The van der Waals surface area contributed by atoms with Gasteiger partial charge in [-0.05, 0) is 42.8 Å². The Morgan fingerprint density at radius 3 is 2.26 bits per heavy atom. The van der Waals surface area contributed by atoms with E-state index in [1.54, 1.807) is 24.3 Å². The maximum absolute atomic E-state index is 13.0. The van der Waals surface area contributed by atoms with Crippen molar-refractivity contribution in [3.63, 3.8) is 0 Å². The summed E-state index contributed by atoms with van der Waals surface area (Å²) >= 11 is 0. The van der Waals surface area contributed by atoms with Crippen LogP contribution in [-0.4, -0.2) is 19.1 Å². The Bertz CT molecular complexity index is 659. The third-order valence-corrected chi connectivity index (χ3v) is 2.87. The van der Waals surface area contributed by atoms with Crippen LogP contribution in [0.1, 0.15) is 13.3 Å². The molecule has 0 heterocycles. The van der Waals surface area contributed by atoms with Crippen LogP contribution >= 0.6 is 0 Å². The van der Waals surface area contributed by atoms with Crippen molar-refractivity contribution >= 4 is 11.6 Å². The van der Waals surface area contributed by atoms with E-state index in [0.29, 0.717) is 12.4 Å². The van der Waals surface area contributed by atoms with Crippen molar-refractivity contribution in [1.29, 1.82) is 0 Å². The predicted octanol–water partition coefficient (Wildman–Crippen LogP) is 3.77. The highest BCUT2D eigenvalue weighted by molar-refractivity contribution is 5.91. The van der Waals surface area contributed by atoms with Crippen LogP contribution in [0.15, 0.2) is 42.5 Å². The van der Waals surface area contributed by atoms with Gasteiger partial charge in [0.05, 0.1) is 6.61 Å². The van der Waals surface area contributed by atoms with Crippen molar-refractivity contribution in [3.05, 3.63) is 54.1 Å². The maximum Gasteiger partial charge on any atom is 0.262 e. The highest BCUT2D eigenvalue weighted by Crippen LogP contribution is 2.18. The van der Waals surface area contributed by atoms with E-state index in [4.69, 9.17) is 9.47 Å². The molecule has 0 aliphatic heterocycles. The fraction of sp³-hybridized carbons (Fsp3) is 0.235. The van der Waals surface area contributed by atoms with Crippen molar-refractivity contribution in [2.75, 3.05) is 18.5 Å². The molecule has 1 amide bonds. The monoisotopic (exact) mass is 321 g/mol. The predicted molar refractivity (Wildman–Crippen MR) is 82.7 cm³/mol. The molecule has 0 fully saturated rings. The molecule has 2 aromatic carbocycles. The lowest BCUT2D eigenvalue weighted by atomic mass is 10.3. The summed E-state index contributed by atoms with van der Waals surface area (Å²) in [5.74, 6) is -1.22. The van der Waals surface area contributed by atoms with E-state index in [2.05, 4.69) is 5.32 Å². The number of amides is 1. The van der Waals surface area contributed by atoms with E-state index in [-0.39, 0.29) is 12.3 Å². The molecular formula is C17H17F2NO3. The third-order valence-electron chi connectivity index (χ3n) is 2.87.